The third-order valence-corrected chi connectivity index (χ3v) is 4.65. The molecule has 1 aromatic rings. The van der Waals surface area contributed by atoms with Gasteiger partial charge in [-0.3, -0.25) is 9.59 Å². The number of aromatic nitrogens is 1. The Hall–Kier alpha value is -2.15. The van der Waals surface area contributed by atoms with Crippen LogP contribution in [0.1, 0.15) is 23.2 Å². The second-order valence-corrected chi connectivity index (χ2v) is 6.13. The Morgan fingerprint density at radius 1 is 1.39 bits per heavy atom. The molecule has 3 aliphatic heterocycles. The molecule has 0 saturated carbocycles. The molecule has 2 bridgehead atoms. The van der Waals surface area contributed by atoms with Crippen LogP contribution >= 0.6 is 0 Å². The zero-order valence-electron chi connectivity index (χ0n) is 13.3. The van der Waals surface area contributed by atoms with E-state index in [1.165, 1.54) is 6.20 Å². The minimum atomic E-state index is -0.115. The van der Waals surface area contributed by atoms with Gasteiger partial charge in [0, 0.05) is 39.0 Å². The van der Waals surface area contributed by atoms with E-state index in [0.29, 0.717) is 37.6 Å². The molecule has 4 heterocycles. The highest BCUT2D eigenvalue weighted by Gasteiger charge is 2.41. The van der Waals surface area contributed by atoms with Crippen LogP contribution in [-0.2, 0) is 9.53 Å². The Morgan fingerprint density at radius 2 is 2.22 bits per heavy atom. The van der Waals surface area contributed by atoms with Crippen LogP contribution in [0.3, 0.4) is 0 Å². The van der Waals surface area contributed by atoms with Gasteiger partial charge in [0.1, 0.15) is 5.82 Å². The monoisotopic (exact) mass is 318 g/mol. The Morgan fingerprint density at radius 3 is 2.91 bits per heavy atom. The molecule has 23 heavy (non-hydrogen) atoms. The van der Waals surface area contributed by atoms with Crippen molar-refractivity contribution >= 4 is 17.6 Å². The fourth-order valence-corrected chi connectivity index (χ4v) is 3.40. The van der Waals surface area contributed by atoms with E-state index in [-0.39, 0.29) is 23.8 Å². The standard InChI is InChI=1S/C16H22N4O3/c1-23-7-6-20-13-4-2-12(16(20)22)9-19(10-13)15(21)11-3-5-14(17)18-8-11/h3,5,8,12-13H,2,4,6-7,9-10H2,1H3,(H2,17,18)/t12-,13+/m1/s1. The van der Waals surface area contributed by atoms with Crippen molar-refractivity contribution < 1.29 is 14.3 Å². The quantitative estimate of drug-likeness (QED) is 0.866. The molecule has 0 aliphatic carbocycles. The van der Waals surface area contributed by atoms with Gasteiger partial charge in [-0.25, -0.2) is 4.98 Å². The number of piperidine rings is 1. The summed E-state index contributed by atoms with van der Waals surface area (Å²) in [4.78, 5) is 32.9. The lowest BCUT2D eigenvalue weighted by atomic mass is 9.94. The van der Waals surface area contributed by atoms with Gasteiger partial charge in [0.15, 0.2) is 0 Å². The number of fused-ring (bicyclic) bond motifs is 4. The van der Waals surface area contributed by atoms with E-state index < -0.39 is 0 Å². The SMILES string of the molecule is COCCN1C(=O)[C@@H]2CC[C@H]1CN(C(=O)c1ccc(N)nc1)C2. The largest absolute Gasteiger partial charge is 0.384 e. The summed E-state index contributed by atoms with van der Waals surface area (Å²) in [6.07, 6.45) is 3.27. The number of amides is 2. The second-order valence-electron chi connectivity index (χ2n) is 6.13. The molecule has 7 nitrogen and oxygen atoms in total. The van der Waals surface area contributed by atoms with Gasteiger partial charge in [-0.05, 0) is 25.0 Å². The van der Waals surface area contributed by atoms with Crippen molar-refractivity contribution in [1.29, 1.82) is 0 Å². The number of carbonyl (C=O) groups is 2. The highest BCUT2D eigenvalue weighted by atomic mass is 16.5. The van der Waals surface area contributed by atoms with Crippen molar-refractivity contribution in [3.05, 3.63) is 23.9 Å². The molecular formula is C16H22N4O3. The average Bonchev–Trinajstić information content (AvgIpc) is 2.84. The number of carbonyl (C=O) groups excluding carboxylic acids is 2. The molecule has 0 radical (unpaired) electrons. The van der Waals surface area contributed by atoms with Crippen molar-refractivity contribution in [3.63, 3.8) is 0 Å². The Labute approximate surface area is 135 Å². The number of nitrogens with zero attached hydrogens (tertiary/aromatic N) is 3. The Balaban J connectivity index is 1.77. The van der Waals surface area contributed by atoms with Crippen LogP contribution in [0, 0.1) is 5.92 Å². The smallest absolute Gasteiger partial charge is 0.255 e. The summed E-state index contributed by atoms with van der Waals surface area (Å²) in [6, 6.07) is 3.37. The first kappa shape index (κ1) is 15.7. The molecule has 0 aromatic carbocycles. The zero-order chi connectivity index (χ0) is 16.4. The molecular weight excluding hydrogens is 296 g/mol. The van der Waals surface area contributed by atoms with E-state index in [1.807, 2.05) is 4.90 Å². The van der Waals surface area contributed by atoms with Crippen LogP contribution < -0.4 is 5.73 Å². The molecule has 2 N–H and O–H groups in total. The lowest BCUT2D eigenvalue weighted by Gasteiger charge is -2.35. The van der Waals surface area contributed by atoms with E-state index in [1.54, 1.807) is 24.1 Å². The van der Waals surface area contributed by atoms with Crippen molar-refractivity contribution in [2.24, 2.45) is 5.92 Å². The zero-order valence-corrected chi connectivity index (χ0v) is 13.3. The average molecular weight is 318 g/mol. The van der Waals surface area contributed by atoms with Gasteiger partial charge in [-0.2, -0.15) is 0 Å². The first-order chi connectivity index (χ1) is 11.1. The number of pyridine rings is 1. The summed E-state index contributed by atoms with van der Waals surface area (Å²) in [6.45, 7) is 2.14. The molecule has 1 aromatic heterocycles. The minimum Gasteiger partial charge on any atom is -0.384 e. The van der Waals surface area contributed by atoms with Gasteiger partial charge in [0.05, 0.1) is 18.1 Å². The van der Waals surface area contributed by atoms with Crippen molar-refractivity contribution in [1.82, 2.24) is 14.8 Å². The maximum Gasteiger partial charge on any atom is 0.255 e. The predicted molar refractivity (Wildman–Crippen MR) is 84.7 cm³/mol. The maximum atomic E-state index is 12.7. The maximum absolute atomic E-state index is 12.7. The van der Waals surface area contributed by atoms with Crippen LogP contribution in [0.5, 0.6) is 0 Å². The van der Waals surface area contributed by atoms with E-state index in [4.69, 9.17) is 10.5 Å². The molecule has 0 spiro atoms. The van der Waals surface area contributed by atoms with Crippen LogP contribution in [0.2, 0.25) is 0 Å². The van der Waals surface area contributed by atoms with E-state index in [0.717, 1.165) is 12.8 Å². The fraction of sp³-hybridized carbons (Fsp3) is 0.562. The molecule has 3 saturated heterocycles. The summed E-state index contributed by atoms with van der Waals surface area (Å²) in [5.74, 6) is 0.328. The number of rotatable bonds is 4. The summed E-state index contributed by atoms with van der Waals surface area (Å²) in [7, 11) is 1.63. The number of nitrogens with two attached hydrogens (primary N) is 1. The number of methoxy groups -OCH3 is 1. The van der Waals surface area contributed by atoms with Crippen molar-refractivity contribution in [2.45, 2.75) is 18.9 Å². The molecule has 7 heteroatoms. The first-order valence-electron chi connectivity index (χ1n) is 7.90. The molecule has 4 rings (SSSR count). The fourth-order valence-electron chi connectivity index (χ4n) is 3.40. The Kier molecular flexibility index (Phi) is 4.47. The summed E-state index contributed by atoms with van der Waals surface area (Å²) in [5, 5.41) is 0. The number of anilines is 1. The normalized spacial score (nSPS) is 24.0. The van der Waals surface area contributed by atoms with E-state index in [9.17, 15) is 9.59 Å². The number of hydrogen-bond donors (Lipinski definition) is 1. The summed E-state index contributed by atoms with van der Waals surface area (Å²) in [5.41, 5.74) is 6.08. The van der Waals surface area contributed by atoms with E-state index >= 15 is 0 Å². The van der Waals surface area contributed by atoms with Gasteiger partial charge >= 0.3 is 0 Å². The van der Waals surface area contributed by atoms with Gasteiger partial charge < -0.3 is 20.3 Å². The number of hydrogen-bond acceptors (Lipinski definition) is 5. The lowest BCUT2D eigenvalue weighted by Crippen LogP contribution is -2.49. The van der Waals surface area contributed by atoms with Gasteiger partial charge in [-0.15, -0.1) is 0 Å². The van der Waals surface area contributed by atoms with Crippen LogP contribution in [0.15, 0.2) is 18.3 Å². The van der Waals surface area contributed by atoms with Crippen molar-refractivity contribution in [2.75, 3.05) is 39.1 Å². The predicted octanol–water partition coefficient (Wildman–Crippen LogP) is 0.373. The lowest BCUT2D eigenvalue weighted by molar-refractivity contribution is -0.140. The molecule has 2 atom stereocenters. The summed E-state index contributed by atoms with van der Waals surface area (Å²) >= 11 is 0. The summed E-state index contributed by atoms with van der Waals surface area (Å²) < 4.78 is 5.10. The molecule has 2 amide bonds. The minimum absolute atomic E-state index is 0.0714. The topological polar surface area (TPSA) is 88.8 Å². The van der Waals surface area contributed by atoms with Gasteiger partial charge in [0.2, 0.25) is 5.91 Å². The van der Waals surface area contributed by atoms with Gasteiger partial charge in [0.25, 0.3) is 5.91 Å². The third kappa shape index (κ3) is 3.14. The van der Waals surface area contributed by atoms with Gasteiger partial charge in [-0.1, -0.05) is 0 Å². The highest BCUT2D eigenvalue weighted by Crippen LogP contribution is 2.29. The molecule has 3 fully saturated rings. The molecule has 3 aliphatic rings. The third-order valence-electron chi connectivity index (χ3n) is 4.65. The number of nitrogen functional groups attached to an aromatic ring is 1. The van der Waals surface area contributed by atoms with E-state index in [2.05, 4.69) is 4.98 Å². The van der Waals surface area contributed by atoms with Crippen LogP contribution in [0.25, 0.3) is 0 Å². The highest BCUT2D eigenvalue weighted by molar-refractivity contribution is 5.95. The number of ether oxygens (including phenoxy) is 1. The van der Waals surface area contributed by atoms with Crippen LogP contribution in [0.4, 0.5) is 5.82 Å². The first-order valence-corrected chi connectivity index (χ1v) is 7.90. The van der Waals surface area contributed by atoms with Crippen LogP contribution in [-0.4, -0.2) is 66.0 Å². The second kappa shape index (κ2) is 6.54. The Bertz CT molecular complexity index is 589. The molecule has 0 unspecified atom stereocenters. The molecule has 124 valence electrons. The van der Waals surface area contributed by atoms with Crippen molar-refractivity contribution in [3.8, 4) is 0 Å².